The number of amides is 1. The van der Waals surface area contributed by atoms with Gasteiger partial charge in [-0.3, -0.25) is 10.1 Å². The molecule has 4 rings (SSSR count). The standard InChI is InChI=1S/C14H13N3O3S/c18-12(15-14-17-16-13(21-14)8-5-6-8)11-7-19-9-3-1-2-4-10(9)20-11/h1-4,8,11H,5-7H2,(H,15,17,18)/t11-/m1/s1. The number of ether oxygens (including phenoxy) is 2. The van der Waals surface area contributed by atoms with Gasteiger partial charge in [-0.15, -0.1) is 10.2 Å². The maximum atomic E-state index is 12.2. The zero-order valence-corrected chi connectivity index (χ0v) is 11.9. The highest BCUT2D eigenvalue weighted by molar-refractivity contribution is 7.15. The number of para-hydroxylation sites is 2. The minimum atomic E-state index is -0.673. The largest absolute Gasteiger partial charge is 0.485 e. The summed E-state index contributed by atoms with van der Waals surface area (Å²) in [7, 11) is 0. The van der Waals surface area contributed by atoms with E-state index in [1.807, 2.05) is 18.2 Å². The van der Waals surface area contributed by atoms with E-state index >= 15 is 0 Å². The Morgan fingerprint density at radius 3 is 2.86 bits per heavy atom. The molecule has 1 amide bonds. The summed E-state index contributed by atoms with van der Waals surface area (Å²) in [5.74, 6) is 1.52. The van der Waals surface area contributed by atoms with Crippen LogP contribution in [-0.4, -0.2) is 28.8 Å². The van der Waals surface area contributed by atoms with Crippen molar-refractivity contribution in [2.75, 3.05) is 11.9 Å². The first-order valence-electron chi connectivity index (χ1n) is 6.82. The van der Waals surface area contributed by atoms with E-state index in [0.29, 0.717) is 22.5 Å². The first-order valence-corrected chi connectivity index (χ1v) is 7.64. The summed E-state index contributed by atoms with van der Waals surface area (Å²) in [6.07, 6.45) is 1.66. The van der Waals surface area contributed by atoms with Gasteiger partial charge < -0.3 is 9.47 Å². The molecule has 0 bridgehead atoms. The molecular weight excluding hydrogens is 290 g/mol. The van der Waals surface area contributed by atoms with Gasteiger partial charge in [-0.1, -0.05) is 23.5 Å². The summed E-state index contributed by atoms with van der Waals surface area (Å²) in [5.41, 5.74) is 0. The second kappa shape index (κ2) is 5.00. The van der Waals surface area contributed by atoms with E-state index in [4.69, 9.17) is 9.47 Å². The first-order chi connectivity index (χ1) is 10.3. The van der Waals surface area contributed by atoms with Crippen molar-refractivity contribution in [3.05, 3.63) is 29.3 Å². The number of fused-ring (bicyclic) bond motifs is 1. The van der Waals surface area contributed by atoms with Gasteiger partial charge in [0.05, 0.1) is 0 Å². The number of nitrogens with zero attached hydrogens (tertiary/aromatic N) is 2. The van der Waals surface area contributed by atoms with Crippen molar-refractivity contribution in [3.8, 4) is 11.5 Å². The van der Waals surface area contributed by atoms with Crippen molar-refractivity contribution in [2.24, 2.45) is 0 Å². The number of hydrogen-bond acceptors (Lipinski definition) is 6. The molecule has 0 unspecified atom stereocenters. The number of nitrogens with one attached hydrogen (secondary N) is 1. The molecule has 108 valence electrons. The lowest BCUT2D eigenvalue weighted by Gasteiger charge is -2.25. The van der Waals surface area contributed by atoms with Crippen molar-refractivity contribution in [2.45, 2.75) is 24.9 Å². The van der Waals surface area contributed by atoms with Gasteiger partial charge in [0.1, 0.15) is 11.6 Å². The minimum Gasteiger partial charge on any atom is -0.485 e. The Hall–Kier alpha value is -2.15. The van der Waals surface area contributed by atoms with Crippen molar-refractivity contribution in [1.82, 2.24) is 10.2 Å². The van der Waals surface area contributed by atoms with Gasteiger partial charge in [0, 0.05) is 5.92 Å². The summed E-state index contributed by atoms with van der Waals surface area (Å²) >= 11 is 1.43. The van der Waals surface area contributed by atoms with E-state index in [0.717, 1.165) is 5.01 Å². The fourth-order valence-corrected chi connectivity index (χ4v) is 3.03. The molecule has 0 radical (unpaired) electrons. The third-order valence-electron chi connectivity index (χ3n) is 3.40. The lowest BCUT2D eigenvalue weighted by Crippen LogP contribution is -2.40. The highest BCUT2D eigenvalue weighted by Crippen LogP contribution is 2.42. The van der Waals surface area contributed by atoms with E-state index < -0.39 is 6.10 Å². The molecule has 6 nitrogen and oxygen atoms in total. The normalized spacial score (nSPS) is 20.1. The molecule has 7 heteroatoms. The van der Waals surface area contributed by atoms with Gasteiger partial charge in [-0.25, -0.2) is 0 Å². The predicted molar refractivity (Wildman–Crippen MR) is 76.9 cm³/mol. The molecule has 2 aromatic rings. The van der Waals surface area contributed by atoms with Crippen LogP contribution >= 0.6 is 11.3 Å². The van der Waals surface area contributed by atoms with Gasteiger partial charge in [-0.2, -0.15) is 0 Å². The van der Waals surface area contributed by atoms with Gasteiger partial charge in [0.25, 0.3) is 5.91 Å². The van der Waals surface area contributed by atoms with Crippen LogP contribution < -0.4 is 14.8 Å². The van der Waals surface area contributed by atoms with Gasteiger partial charge in [-0.05, 0) is 25.0 Å². The molecule has 1 atom stereocenters. The fraction of sp³-hybridized carbons (Fsp3) is 0.357. The predicted octanol–water partition coefficient (Wildman–Crippen LogP) is 2.19. The zero-order chi connectivity index (χ0) is 14.2. The molecule has 1 aromatic carbocycles. The van der Waals surface area contributed by atoms with E-state index in [1.165, 1.54) is 24.2 Å². The van der Waals surface area contributed by atoms with Crippen LogP contribution in [0.15, 0.2) is 24.3 Å². The lowest BCUT2D eigenvalue weighted by molar-refractivity contribution is -0.125. The average Bonchev–Trinajstić information content (AvgIpc) is 3.27. The van der Waals surface area contributed by atoms with Crippen LogP contribution in [0, 0.1) is 0 Å². The highest BCUT2D eigenvalue weighted by Gasteiger charge is 2.30. The number of carbonyl (C=O) groups is 1. The molecule has 0 spiro atoms. The average molecular weight is 303 g/mol. The molecule has 1 aromatic heterocycles. The summed E-state index contributed by atoms with van der Waals surface area (Å²) in [4.78, 5) is 12.2. The zero-order valence-electron chi connectivity index (χ0n) is 11.1. The van der Waals surface area contributed by atoms with E-state index in [9.17, 15) is 4.79 Å². The van der Waals surface area contributed by atoms with Crippen LogP contribution in [0.5, 0.6) is 11.5 Å². The summed E-state index contributed by atoms with van der Waals surface area (Å²) < 4.78 is 11.2. The van der Waals surface area contributed by atoms with Crippen LogP contribution in [0.4, 0.5) is 5.13 Å². The second-order valence-corrected chi connectivity index (χ2v) is 6.08. The topological polar surface area (TPSA) is 73.3 Å². The number of aromatic nitrogens is 2. The van der Waals surface area contributed by atoms with Gasteiger partial charge in [0.2, 0.25) is 11.2 Å². The summed E-state index contributed by atoms with van der Waals surface area (Å²) in [6, 6.07) is 7.30. The summed E-state index contributed by atoms with van der Waals surface area (Å²) in [5, 5.41) is 12.4. The molecule has 1 aliphatic heterocycles. The lowest BCUT2D eigenvalue weighted by atomic mass is 10.2. The number of anilines is 1. The third kappa shape index (κ3) is 2.56. The van der Waals surface area contributed by atoms with E-state index in [-0.39, 0.29) is 12.5 Å². The monoisotopic (exact) mass is 303 g/mol. The van der Waals surface area contributed by atoms with Crippen molar-refractivity contribution in [1.29, 1.82) is 0 Å². The maximum Gasteiger partial charge on any atom is 0.270 e. The quantitative estimate of drug-likeness (QED) is 0.941. The fourth-order valence-electron chi connectivity index (χ4n) is 2.11. The molecule has 21 heavy (non-hydrogen) atoms. The SMILES string of the molecule is O=C(Nc1nnc(C2CC2)s1)[C@H]1COc2ccccc2O1. The smallest absolute Gasteiger partial charge is 0.270 e. The second-order valence-electron chi connectivity index (χ2n) is 5.07. The number of hydrogen-bond donors (Lipinski definition) is 1. The Labute approximate surface area is 125 Å². The van der Waals surface area contributed by atoms with Crippen LogP contribution in [0.25, 0.3) is 0 Å². The Morgan fingerprint density at radius 1 is 1.24 bits per heavy atom. The van der Waals surface area contributed by atoms with Crippen molar-refractivity contribution >= 4 is 22.4 Å². The number of rotatable bonds is 3. The highest BCUT2D eigenvalue weighted by atomic mass is 32.1. The van der Waals surface area contributed by atoms with Crippen LogP contribution in [0.1, 0.15) is 23.8 Å². The Balaban J connectivity index is 1.43. The van der Waals surface area contributed by atoms with Gasteiger partial charge >= 0.3 is 0 Å². The molecule has 0 saturated heterocycles. The molecule has 1 fully saturated rings. The summed E-state index contributed by atoms with van der Waals surface area (Å²) in [6.45, 7) is 0.192. The molecular formula is C14H13N3O3S. The van der Waals surface area contributed by atoms with E-state index in [2.05, 4.69) is 15.5 Å². The Kier molecular flexibility index (Phi) is 2.99. The van der Waals surface area contributed by atoms with Crippen LogP contribution in [0.3, 0.4) is 0 Å². The third-order valence-corrected chi connectivity index (χ3v) is 4.40. The van der Waals surface area contributed by atoms with Crippen LogP contribution in [-0.2, 0) is 4.79 Å². The molecule has 1 saturated carbocycles. The molecule has 1 N–H and O–H groups in total. The maximum absolute atomic E-state index is 12.2. The molecule has 1 aliphatic carbocycles. The number of benzene rings is 1. The van der Waals surface area contributed by atoms with Gasteiger partial charge in [0.15, 0.2) is 11.5 Å². The van der Waals surface area contributed by atoms with Crippen molar-refractivity contribution in [3.63, 3.8) is 0 Å². The molecule has 2 aliphatic rings. The molecule has 2 heterocycles. The van der Waals surface area contributed by atoms with Crippen molar-refractivity contribution < 1.29 is 14.3 Å². The first kappa shape index (κ1) is 12.6. The van der Waals surface area contributed by atoms with Crippen LogP contribution in [0.2, 0.25) is 0 Å². The Bertz CT molecular complexity index is 684. The minimum absolute atomic E-state index is 0.192. The van der Waals surface area contributed by atoms with E-state index in [1.54, 1.807) is 6.07 Å². The Morgan fingerprint density at radius 2 is 2.05 bits per heavy atom. The number of carbonyl (C=O) groups excluding carboxylic acids is 1.